The van der Waals surface area contributed by atoms with Crippen LogP contribution in [0.3, 0.4) is 0 Å². The fourth-order valence-corrected chi connectivity index (χ4v) is 2.39. The molecule has 15 heavy (non-hydrogen) atoms. The lowest BCUT2D eigenvalue weighted by molar-refractivity contribution is 1.16. The third kappa shape index (κ3) is 2.43. The molecule has 0 saturated heterocycles. The van der Waals surface area contributed by atoms with Crippen LogP contribution in [0.2, 0.25) is 10.3 Å². The first-order valence-electron chi connectivity index (χ1n) is 4.02. The van der Waals surface area contributed by atoms with Crippen molar-refractivity contribution in [1.82, 2.24) is 9.97 Å². The van der Waals surface area contributed by atoms with E-state index in [1.807, 2.05) is 41.0 Å². The van der Waals surface area contributed by atoms with E-state index in [1.54, 1.807) is 11.3 Å². The van der Waals surface area contributed by atoms with Gasteiger partial charge in [0, 0.05) is 15.8 Å². The lowest BCUT2D eigenvalue weighted by atomic mass is 10.3. The zero-order valence-corrected chi connectivity index (χ0v) is 12.1. The number of aromatic nitrogens is 2. The van der Waals surface area contributed by atoms with Crippen LogP contribution < -0.4 is 0 Å². The number of hydrogen-bond acceptors (Lipinski definition) is 3. The molecule has 2 heterocycles. The van der Waals surface area contributed by atoms with Crippen LogP contribution in [-0.2, 0) is 0 Å². The predicted octanol–water partition coefficient (Wildman–Crippen LogP) is 4.42. The van der Waals surface area contributed by atoms with Gasteiger partial charge in [0.15, 0.2) is 5.82 Å². The van der Waals surface area contributed by atoms with Gasteiger partial charge in [0.1, 0.15) is 10.3 Å². The van der Waals surface area contributed by atoms with Crippen molar-refractivity contribution in [3.63, 3.8) is 0 Å². The van der Waals surface area contributed by atoms with E-state index in [2.05, 4.69) is 9.97 Å². The molecule has 2 aromatic heterocycles. The van der Waals surface area contributed by atoms with Crippen molar-refractivity contribution in [3.8, 4) is 11.4 Å². The maximum absolute atomic E-state index is 5.94. The van der Waals surface area contributed by atoms with Crippen molar-refractivity contribution in [2.45, 2.75) is 6.92 Å². The van der Waals surface area contributed by atoms with E-state index in [1.165, 1.54) is 4.88 Å². The molecule has 2 rings (SSSR count). The molecular formula is C9H5Cl2IN2S. The third-order valence-electron chi connectivity index (χ3n) is 1.76. The van der Waals surface area contributed by atoms with Crippen LogP contribution in [0.1, 0.15) is 4.88 Å². The van der Waals surface area contributed by atoms with E-state index in [0.717, 1.165) is 5.56 Å². The molecule has 0 aliphatic rings. The lowest BCUT2D eigenvalue weighted by Crippen LogP contribution is -1.92. The quantitative estimate of drug-likeness (QED) is 0.548. The summed E-state index contributed by atoms with van der Waals surface area (Å²) in [6, 6.07) is 2.01. The zero-order chi connectivity index (χ0) is 11.0. The van der Waals surface area contributed by atoms with Crippen molar-refractivity contribution in [2.24, 2.45) is 0 Å². The van der Waals surface area contributed by atoms with Gasteiger partial charge >= 0.3 is 0 Å². The summed E-state index contributed by atoms with van der Waals surface area (Å²) >= 11 is 15.5. The van der Waals surface area contributed by atoms with E-state index < -0.39 is 0 Å². The van der Waals surface area contributed by atoms with Crippen molar-refractivity contribution in [2.75, 3.05) is 0 Å². The Kier molecular flexibility index (Phi) is 3.49. The third-order valence-corrected chi connectivity index (χ3v) is 4.83. The molecule has 0 fully saturated rings. The van der Waals surface area contributed by atoms with Gasteiger partial charge in [-0.1, -0.05) is 23.2 Å². The van der Waals surface area contributed by atoms with Crippen LogP contribution in [0, 0.1) is 10.5 Å². The number of thiophene rings is 1. The lowest BCUT2D eigenvalue weighted by Gasteiger charge is -2.01. The van der Waals surface area contributed by atoms with Gasteiger partial charge in [-0.15, -0.1) is 11.3 Å². The van der Waals surface area contributed by atoms with Gasteiger partial charge in [-0.05, 0) is 35.6 Å². The summed E-state index contributed by atoms with van der Waals surface area (Å²) in [5.41, 5.74) is 0.956. The van der Waals surface area contributed by atoms with Crippen LogP contribution in [0.15, 0.2) is 11.4 Å². The Morgan fingerprint density at radius 2 is 1.87 bits per heavy atom. The molecular weight excluding hydrogens is 366 g/mol. The van der Waals surface area contributed by atoms with Gasteiger partial charge in [0.05, 0.1) is 3.57 Å². The Morgan fingerprint density at radius 1 is 1.27 bits per heavy atom. The minimum absolute atomic E-state index is 0.398. The summed E-state index contributed by atoms with van der Waals surface area (Å²) in [6.07, 6.45) is 0. The summed E-state index contributed by atoms with van der Waals surface area (Å²) in [5.74, 6) is 0.578. The molecule has 0 spiro atoms. The van der Waals surface area contributed by atoms with E-state index in [0.29, 0.717) is 19.7 Å². The normalized spacial score (nSPS) is 10.7. The van der Waals surface area contributed by atoms with Gasteiger partial charge < -0.3 is 0 Å². The minimum Gasteiger partial charge on any atom is -0.215 e. The molecule has 0 aliphatic heterocycles. The van der Waals surface area contributed by atoms with Crippen LogP contribution in [0.25, 0.3) is 11.4 Å². The molecule has 6 heteroatoms. The largest absolute Gasteiger partial charge is 0.215 e. The Balaban J connectivity index is 2.55. The molecule has 0 unspecified atom stereocenters. The Bertz CT molecular complexity index is 490. The zero-order valence-electron chi connectivity index (χ0n) is 7.59. The SMILES string of the molecule is Cc1cc(-c2nc(Cl)c(I)c(Cl)n2)cs1. The van der Waals surface area contributed by atoms with E-state index in [9.17, 15) is 0 Å². The second-order valence-corrected chi connectivity index (χ2v) is 5.80. The molecule has 78 valence electrons. The molecule has 2 nitrogen and oxygen atoms in total. The summed E-state index contributed by atoms with van der Waals surface area (Å²) in [5, 5.41) is 2.79. The van der Waals surface area contributed by atoms with Gasteiger partial charge in [-0.2, -0.15) is 0 Å². The van der Waals surface area contributed by atoms with E-state index in [-0.39, 0.29) is 0 Å². The molecule has 0 aromatic carbocycles. The fraction of sp³-hybridized carbons (Fsp3) is 0.111. The number of nitrogens with zero attached hydrogens (tertiary/aromatic N) is 2. The maximum Gasteiger partial charge on any atom is 0.163 e. The molecule has 0 aliphatic carbocycles. The number of halogens is 3. The molecule has 0 N–H and O–H groups in total. The molecule has 0 atom stereocenters. The van der Waals surface area contributed by atoms with Crippen molar-refractivity contribution >= 4 is 57.1 Å². The summed E-state index contributed by atoms with van der Waals surface area (Å²) in [7, 11) is 0. The summed E-state index contributed by atoms with van der Waals surface area (Å²) in [4.78, 5) is 9.58. The standard InChI is InChI=1S/C9H5Cl2IN2S/c1-4-2-5(3-15-4)9-13-7(10)6(12)8(11)14-9/h2-3H,1H3. The molecule has 0 amide bonds. The minimum atomic E-state index is 0.398. The molecule has 0 bridgehead atoms. The van der Waals surface area contributed by atoms with Crippen LogP contribution in [0.4, 0.5) is 0 Å². The van der Waals surface area contributed by atoms with Gasteiger partial charge in [0.25, 0.3) is 0 Å². The topological polar surface area (TPSA) is 25.8 Å². The average Bonchev–Trinajstić information content (AvgIpc) is 2.60. The first-order chi connectivity index (χ1) is 7.08. The van der Waals surface area contributed by atoms with E-state index >= 15 is 0 Å². The first kappa shape index (κ1) is 11.6. The predicted molar refractivity (Wildman–Crippen MR) is 72.8 cm³/mol. The second-order valence-electron chi connectivity index (χ2n) is 2.89. The highest BCUT2D eigenvalue weighted by molar-refractivity contribution is 14.1. The second kappa shape index (κ2) is 4.53. The number of rotatable bonds is 1. The highest BCUT2D eigenvalue weighted by atomic mass is 127. The van der Waals surface area contributed by atoms with Gasteiger partial charge in [0.2, 0.25) is 0 Å². The highest BCUT2D eigenvalue weighted by Gasteiger charge is 2.11. The first-order valence-corrected chi connectivity index (χ1v) is 6.73. The molecule has 0 radical (unpaired) electrons. The van der Waals surface area contributed by atoms with Crippen molar-refractivity contribution in [3.05, 3.63) is 30.2 Å². The Morgan fingerprint density at radius 3 is 2.33 bits per heavy atom. The smallest absolute Gasteiger partial charge is 0.163 e. The van der Waals surface area contributed by atoms with Crippen molar-refractivity contribution < 1.29 is 0 Å². The maximum atomic E-state index is 5.94. The monoisotopic (exact) mass is 370 g/mol. The van der Waals surface area contributed by atoms with Crippen LogP contribution in [0.5, 0.6) is 0 Å². The van der Waals surface area contributed by atoms with Crippen LogP contribution >= 0.6 is 57.1 Å². The fourth-order valence-electron chi connectivity index (χ4n) is 1.08. The van der Waals surface area contributed by atoms with E-state index in [4.69, 9.17) is 23.2 Å². The van der Waals surface area contributed by atoms with Crippen LogP contribution in [-0.4, -0.2) is 9.97 Å². The molecule has 0 saturated carbocycles. The average molecular weight is 371 g/mol. The number of hydrogen-bond donors (Lipinski definition) is 0. The number of aryl methyl sites for hydroxylation is 1. The van der Waals surface area contributed by atoms with Crippen molar-refractivity contribution in [1.29, 1.82) is 0 Å². The summed E-state index contributed by atoms with van der Waals surface area (Å²) in [6.45, 7) is 2.03. The van der Waals surface area contributed by atoms with Gasteiger partial charge in [-0.3, -0.25) is 0 Å². The summed E-state index contributed by atoms with van der Waals surface area (Å²) < 4.78 is 0.687. The highest BCUT2D eigenvalue weighted by Crippen LogP contribution is 2.28. The van der Waals surface area contributed by atoms with Gasteiger partial charge in [-0.25, -0.2) is 9.97 Å². The Hall–Kier alpha value is 0.0900. The Labute approximate surface area is 115 Å². The molecule has 2 aromatic rings.